The number of carboxylic acid groups (broad SMARTS) is 1. The summed E-state index contributed by atoms with van der Waals surface area (Å²) in [6, 6.07) is 4.02. The summed E-state index contributed by atoms with van der Waals surface area (Å²) in [4.78, 5) is 14.8. The first-order valence-corrected chi connectivity index (χ1v) is 8.61. The van der Waals surface area contributed by atoms with Gasteiger partial charge in [0.2, 0.25) is 0 Å². The number of allylic oxidation sites excluding steroid dienone is 3. The fourth-order valence-corrected chi connectivity index (χ4v) is 5.61. The highest BCUT2D eigenvalue weighted by Crippen LogP contribution is 2.53. The van der Waals surface area contributed by atoms with E-state index in [1.807, 2.05) is 29.0 Å². The Hall–Kier alpha value is -0.910. The lowest BCUT2D eigenvalue weighted by Gasteiger charge is -2.27. The van der Waals surface area contributed by atoms with E-state index in [-0.39, 0.29) is 6.42 Å². The zero-order valence-corrected chi connectivity index (χ0v) is 12.5. The van der Waals surface area contributed by atoms with Crippen molar-refractivity contribution in [3.05, 3.63) is 55.8 Å². The summed E-state index contributed by atoms with van der Waals surface area (Å²) in [5.74, 6) is 0.220. The maximum Gasteiger partial charge on any atom is 0.304 e. The van der Waals surface area contributed by atoms with Gasteiger partial charge in [-0.3, -0.25) is 4.79 Å². The standard InChI is InChI=1S/C14H12O2S3/c15-12(16)9-14(11-4-2-7-18-11)5-8-19-13(14)10-3-1-6-17-10/h1-5,7-8H,6,9H2,(H,15,16). The Morgan fingerprint density at radius 1 is 1.47 bits per heavy atom. The van der Waals surface area contributed by atoms with Gasteiger partial charge in [-0.1, -0.05) is 24.3 Å². The van der Waals surface area contributed by atoms with E-state index >= 15 is 0 Å². The lowest BCUT2D eigenvalue weighted by atomic mass is 9.82. The van der Waals surface area contributed by atoms with Crippen LogP contribution >= 0.6 is 34.9 Å². The number of rotatable bonds is 3. The summed E-state index contributed by atoms with van der Waals surface area (Å²) in [6.07, 6.45) is 6.41. The van der Waals surface area contributed by atoms with Crippen LogP contribution in [0, 0.1) is 0 Å². The van der Waals surface area contributed by atoms with Gasteiger partial charge in [-0.2, -0.15) is 0 Å². The van der Waals surface area contributed by atoms with Gasteiger partial charge in [0.05, 0.1) is 11.8 Å². The Morgan fingerprint density at radius 3 is 3.00 bits per heavy atom. The second kappa shape index (κ2) is 5.23. The summed E-state index contributed by atoms with van der Waals surface area (Å²) in [6.45, 7) is 0. The van der Waals surface area contributed by atoms with E-state index in [1.54, 1.807) is 34.9 Å². The van der Waals surface area contributed by atoms with Crippen LogP contribution < -0.4 is 0 Å². The van der Waals surface area contributed by atoms with Gasteiger partial charge in [-0.15, -0.1) is 34.9 Å². The summed E-state index contributed by atoms with van der Waals surface area (Å²) in [5.41, 5.74) is -0.471. The summed E-state index contributed by atoms with van der Waals surface area (Å²) >= 11 is 5.07. The molecule has 1 N–H and O–H groups in total. The third kappa shape index (κ3) is 2.30. The first-order valence-electron chi connectivity index (χ1n) is 5.86. The first-order chi connectivity index (χ1) is 9.22. The predicted molar refractivity (Wildman–Crippen MR) is 83.6 cm³/mol. The molecule has 19 heavy (non-hydrogen) atoms. The van der Waals surface area contributed by atoms with Crippen molar-refractivity contribution >= 4 is 40.8 Å². The highest BCUT2D eigenvalue weighted by molar-refractivity contribution is 8.08. The van der Waals surface area contributed by atoms with Gasteiger partial charge in [0.25, 0.3) is 0 Å². The molecule has 5 heteroatoms. The van der Waals surface area contributed by atoms with E-state index in [4.69, 9.17) is 0 Å². The normalized spacial score (nSPS) is 29.3. The van der Waals surface area contributed by atoms with Gasteiger partial charge in [-0.25, -0.2) is 0 Å². The predicted octanol–water partition coefficient (Wildman–Crippen LogP) is 4.24. The first kappa shape index (κ1) is 13.1. The average molecular weight is 308 g/mol. The number of hydrogen-bond donors (Lipinski definition) is 1. The molecule has 3 rings (SSSR count). The smallest absolute Gasteiger partial charge is 0.304 e. The van der Waals surface area contributed by atoms with Crippen molar-refractivity contribution in [1.29, 1.82) is 0 Å². The highest BCUT2D eigenvalue weighted by atomic mass is 32.2. The van der Waals surface area contributed by atoms with Crippen molar-refractivity contribution in [2.75, 3.05) is 5.75 Å². The topological polar surface area (TPSA) is 37.3 Å². The van der Waals surface area contributed by atoms with Gasteiger partial charge in [0, 0.05) is 20.4 Å². The van der Waals surface area contributed by atoms with Gasteiger partial charge in [-0.05, 0) is 16.9 Å². The SMILES string of the molecule is O=C(O)CC1(c2cccs2)C=CSC1=C1C=CCS1. The van der Waals surface area contributed by atoms with Crippen molar-refractivity contribution in [3.63, 3.8) is 0 Å². The molecule has 1 aromatic rings. The summed E-state index contributed by atoms with van der Waals surface area (Å²) < 4.78 is 0. The molecule has 2 aliphatic heterocycles. The van der Waals surface area contributed by atoms with Crippen molar-refractivity contribution in [3.8, 4) is 0 Å². The molecule has 0 aromatic carbocycles. The van der Waals surface area contributed by atoms with E-state index in [0.29, 0.717) is 0 Å². The Morgan fingerprint density at radius 2 is 2.37 bits per heavy atom. The number of carboxylic acids is 1. The Labute approximate surface area is 124 Å². The molecule has 1 aromatic heterocycles. The number of thiophene rings is 1. The molecular weight excluding hydrogens is 296 g/mol. The van der Waals surface area contributed by atoms with Crippen LogP contribution in [0.4, 0.5) is 0 Å². The van der Waals surface area contributed by atoms with E-state index in [9.17, 15) is 9.90 Å². The van der Waals surface area contributed by atoms with Crippen molar-refractivity contribution in [2.45, 2.75) is 11.8 Å². The van der Waals surface area contributed by atoms with Crippen molar-refractivity contribution in [2.24, 2.45) is 0 Å². The van der Waals surface area contributed by atoms with Crippen LogP contribution in [0.1, 0.15) is 11.3 Å². The number of aliphatic carboxylic acids is 1. The number of carbonyl (C=O) groups is 1. The van der Waals surface area contributed by atoms with Crippen LogP contribution in [0.3, 0.4) is 0 Å². The minimum atomic E-state index is -0.759. The molecule has 0 fully saturated rings. The lowest BCUT2D eigenvalue weighted by Crippen LogP contribution is -2.26. The highest BCUT2D eigenvalue weighted by Gasteiger charge is 2.42. The molecule has 0 radical (unpaired) electrons. The molecular formula is C14H12O2S3. The molecule has 2 nitrogen and oxygen atoms in total. The Bertz CT molecular complexity index is 584. The molecule has 0 spiro atoms. The van der Waals surface area contributed by atoms with Crippen LogP contribution in [0.25, 0.3) is 0 Å². The molecule has 0 saturated carbocycles. The van der Waals surface area contributed by atoms with Crippen LogP contribution in [-0.4, -0.2) is 16.8 Å². The van der Waals surface area contributed by atoms with E-state index < -0.39 is 11.4 Å². The Balaban J connectivity index is 2.13. The van der Waals surface area contributed by atoms with Crippen LogP contribution in [0.5, 0.6) is 0 Å². The molecule has 0 bridgehead atoms. The number of hydrogen-bond acceptors (Lipinski definition) is 4. The fourth-order valence-electron chi connectivity index (χ4n) is 2.35. The molecule has 1 unspecified atom stereocenters. The molecule has 3 heterocycles. The number of thioether (sulfide) groups is 2. The van der Waals surface area contributed by atoms with Crippen molar-refractivity contribution in [1.82, 2.24) is 0 Å². The third-order valence-electron chi connectivity index (χ3n) is 3.16. The molecule has 0 saturated heterocycles. The minimum absolute atomic E-state index is 0.115. The molecule has 1 atom stereocenters. The maximum absolute atomic E-state index is 11.3. The van der Waals surface area contributed by atoms with Crippen molar-refractivity contribution < 1.29 is 9.90 Å². The zero-order valence-electron chi connectivity index (χ0n) is 10.0. The van der Waals surface area contributed by atoms with E-state index in [1.165, 1.54) is 4.91 Å². The Kier molecular flexibility index (Phi) is 3.60. The van der Waals surface area contributed by atoms with Gasteiger partial charge in [0.1, 0.15) is 0 Å². The fraction of sp³-hybridized carbons (Fsp3) is 0.214. The minimum Gasteiger partial charge on any atom is -0.481 e. The second-order valence-corrected chi connectivity index (χ2v) is 7.27. The molecule has 0 amide bonds. The van der Waals surface area contributed by atoms with Gasteiger partial charge >= 0.3 is 5.97 Å². The molecule has 98 valence electrons. The average Bonchev–Trinajstić information content (AvgIpc) is 3.10. The van der Waals surface area contributed by atoms with Crippen LogP contribution in [0.2, 0.25) is 0 Å². The lowest BCUT2D eigenvalue weighted by molar-refractivity contribution is -0.137. The summed E-state index contributed by atoms with van der Waals surface area (Å²) in [7, 11) is 0. The maximum atomic E-state index is 11.3. The van der Waals surface area contributed by atoms with E-state index in [2.05, 4.69) is 12.2 Å². The molecule has 2 aliphatic rings. The van der Waals surface area contributed by atoms with E-state index in [0.717, 1.165) is 15.5 Å². The molecule has 0 aliphatic carbocycles. The third-order valence-corrected chi connectivity index (χ3v) is 6.44. The van der Waals surface area contributed by atoms with Gasteiger partial charge in [0.15, 0.2) is 0 Å². The van der Waals surface area contributed by atoms with Crippen LogP contribution in [-0.2, 0) is 10.2 Å². The summed E-state index contributed by atoms with van der Waals surface area (Å²) in [5, 5.41) is 13.3. The van der Waals surface area contributed by atoms with Gasteiger partial charge < -0.3 is 5.11 Å². The van der Waals surface area contributed by atoms with Crippen LogP contribution in [0.15, 0.2) is 51.0 Å². The second-order valence-electron chi connectivity index (χ2n) is 4.35. The largest absolute Gasteiger partial charge is 0.481 e. The monoisotopic (exact) mass is 308 g/mol. The quantitative estimate of drug-likeness (QED) is 0.906. The zero-order chi connectivity index (χ0) is 13.3.